The Morgan fingerprint density at radius 1 is 1.06 bits per heavy atom. The number of imide groups is 1. The number of anilines is 1. The highest BCUT2D eigenvalue weighted by atomic mass is 16.5. The highest BCUT2D eigenvalue weighted by Gasteiger charge is 2.31. The monoisotopic (exact) mass is 425 g/mol. The number of para-hydroxylation sites is 2. The van der Waals surface area contributed by atoms with E-state index in [-0.39, 0.29) is 25.4 Å². The minimum absolute atomic E-state index is 0.0849. The van der Waals surface area contributed by atoms with Gasteiger partial charge in [0.05, 0.1) is 12.1 Å². The van der Waals surface area contributed by atoms with E-state index in [0.717, 1.165) is 5.56 Å². The predicted octanol–water partition coefficient (Wildman–Crippen LogP) is 1.76. The first-order valence-corrected chi connectivity index (χ1v) is 9.78. The topological polar surface area (TPSA) is 114 Å². The van der Waals surface area contributed by atoms with E-state index in [0.29, 0.717) is 11.4 Å². The summed E-state index contributed by atoms with van der Waals surface area (Å²) in [5.74, 6) is -1.12. The fourth-order valence-electron chi connectivity index (χ4n) is 3.00. The molecule has 1 heterocycles. The Morgan fingerprint density at radius 2 is 1.77 bits per heavy atom. The molecule has 9 nitrogen and oxygen atoms in total. The van der Waals surface area contributed by atoms with Crippen LogP contribution in [0.5, 0.6) is 5.75 Å². The van der Waals surface area contributed by atoms with E-state index >= 15 is 0 Å². The number of ether oxygens (including phenoxy) is 2. The van der Waals surface area contributed by atoms with Crippen LogP contribution < -0.4 is 20.3 Å². The van der Waals surface area contributed by atoms with Crippen LogP contribution in [0.3, 0.4) is 0 Å². The maximum Gasteiger partial charge on any atom is 0.321 e. The van der Waals surface area contributed by atoms with Gasteiger partial charge in [0.25, 0.3) is 11.8 Å². The molecule has 2 aromatic rings. The average molecular weight is 425 g/mol. The zero-order valence-electron chi connectivity index (χ0n) is 17.0. The molecule has 1 aliphatic heterocycles. The Bertz CT molecular complexity index is 963. The van der Waals surface area contributed by atoms with Crippen LogP contribution in [0, 0.1) is 0 Å². The van der Waals surface area contributed by atoms with Crippen LogP contribution in [0.1, 0.15) is 18.9 Å². The summed E-state index contributed by atoms with van der Waals surface area (Å²) in [6, 6.07) is 15.6. The SMILES string of the molecule is CC1Oc2ccccc2N(CCC(=O)OCC(=O)NC(=O)NCc2ccccc2)C1=O. The molecule has 31 heavy (non-hydrogen) atoms. The number of amides is 4. The number of nitrogens with zero attached hydrogens (tertiary/aromatic N) is 1. The summed E-state index contributed by atoms with van der Waals surface area (Å²) in [4.78, 5) is 49.4. The fourth-order valence-corrected chi connectivity index (χ4v) is 3.00. The van der Waals surface area contributed by atoms with Crippen LogP contribution >= 0.6 is 0 Å². The molecule has 0 fully saturated rings. The summed E-state index contributed by atoms with van der Waals surface area (Å²) >= 11 is 0. The van der Waals surface area contributed by atoms with Crippen molar-refractivity contribution in [2.24, 2.45) is 0 Å². The van der Waals surface area contributed by atoms with Crippen LogP contribution in [0.4, 0.5) is 10.5 Å². The molecular weight excluding hydrogens is 402 g/mol. The van der Waals surface area contributed by atoms with Crippen molar-refractivity contribution in [3.05, 3.63) is 60.2 Å². The van der Waals surface area contributed by atoms with Crippen LogP contribution in [-0.4, -0.2) is 43.1 Å². The molecule has 0 aromatic heterocycles. The highest BCUT2D eigenvalue weighted by molar-refractivity contribution is 6.00. The molecule has 0 spiro atoms. The molecule has 2 N–H and O–H groups in total. The molecule has 4 amide bonds. The minimum Gasteiger partial charge on any atom is -0.479 e. The Balaban J connectivity index is 1.40. The largest absolute Gasteiger partial charge is 0.479 e. The summed E-state index contributed by atoms with van der Waals surface area (Å²) in [5.41, 5.74) is 1.45. The van der Waals surface area contributed by atoms with Gasteiger partial charge in [-0.25, -0.2) is 4.79 Å². The normalized spacial score (nSPS) is 14.8. The van der Waals surface area contributed by atoms with Crippen molar-refractivity contribution in [1.82, 2.24) is 10.6 Å². The number of benzene rings is 2. The van der Waals surface area contributed by atoms with Crippen molar-refractivity contribution < 1.29 is 28.7 Å². The second-order valence-electron chi connectivity index (χ2n) is 6.84. The number of urea groups is 1. The molecule has 1 unspecified atom stereocenters. The van der Waals surface area contributed by atoms with Crippen molar-refractivity contribution in [3.63, 3.8) is 0 Å². The zero-order valence-corrected chi connectivity index (χ0v) is 17.0. The smallest absolute Gasteiger partial charge is 0.321 e. The van der Waals surface area contributed by atoms with Gasteiger partial charge in [-0.2, -0.15) is 0 Å². The third-order valence-electron chi connectivity index (χ3n) is 4.53. The molecular formula is C22H23N3O6. The molecule has 9 heteroatoms. The van der Waals surface area contributed by atoms with Crippen LogP contribution in [0.15, 0.2) is 54.6 Å². The van der Waals surface area contributed by atoms with Gasteiger partial charge in [-0.15, -0.1) is 0 Å². The van der Waals surface area contributed by atoms with Crippen molar-refractivity contribution in [2.75, 3.05) is 18.1 Å². The van der Waals surface area contributed by atoms with Gasteiger partial charge in [-0.3, -0.25) is 19.7 Å². The third-order valence-corrected chi connectivity index (χ3v) is 4.53. The Morgan fingerprint density at radius 3 is 2.55 bits per heavy atom. The Kier molecular flexibility index (Phi) is 7.21. The van der Waals surface area contributed by atoms with Crippen molar-refractivity contribution in [3.8, 4) is 5.75 Å². The number of hydrogen-bond acceptors (Lipinski definition) is 6. The number of esters is 1. The molecule has 1 atom stereocenters. The molecule has 0 saturated heterocycles. The van der Waals surface area contributed by atoms with Gasteiger partial charge in [0.1, 0.15) is 5.75 Å². The van der Waals surface area contributed by atoms with Gasteiger partial charge >= 0.3 is 12.0 Å². The van der Waals surface area contributed by atoms with Crippen LogP contribution in [-0.2, 0) is 25.7 Å². The highest BCUT2D eigenvalue weighted by Crippen LogP contribution is 2.33. The number of carbonyl (C=O) groups is 4. The molecule has 0 aliphatic carbocycles. The summed E-state index contributed by atoms with van der Waals surface area (Å²) in [5, 5.41) is 4.63. The molecule has 1 aliphatic rings. The van der Waals surface area contributed by atoms with E-state index in [9.17, 15) is 19.2 Å². The summed E-state index contributed by atoms with van der Waals surface area (Å²) < 4.78 is 10.5. The lowest BCUT2D eigenvalue weighted by atomic mass is 10.2. The first-order chi connectivity index (χ1) is 14.9. The van der Waals surface area contributed by atoms with E-state index in [1.807, 2.05) is 30.3 Å². The maximum atomic E-state index is 12.4. The molecule has 2 aromatic carbocycles. The van der Waals surface area contributed by atoms with Gasteiger partial charge in [-0.05, 0) is 24.6 Å². The van der Waals surface area contributed by atoms with Gasteiger partial charge in [0.15, 0.2) is 12.7 Å². The number of rotatable bonds is 7. The summed E-state index contributed by atoms with van der Waals surface area (Å²) in [6.07, 6.45) is -0.772. The van der Waals surface area contributed by atoms with Gasteiger partial charge in [0.2, 0.25) is 0 Å². The molecule has 3 rings (SSSR count). The van der Waals surface area contributed by atoms with Gasteiger partial charge in [-0.1, -0.05) is 42.5 Å². The Hall–Kier alpha value is -3.88. The average Bonchev–Trinajstić information content (AvgIpc) is 2.77. The van der Waals surface area contributed by atoms with Gasteiger partial charge < -0.3 is 19.7 Å². The molecule has 0 bridgehead atoms. The van der Waals surface area contributed by atoms with E-state index in [4.69, 9.17) is 9.47 Å². The first kappa shape index (κ1) is 21.8. The minimum atomic E-state index is -0.750. The fraction of sp³-hybridized carbons (Fsp3) is 0.273. The van der Waals surface area contributed by atoms with Gasteiger partial charge in [0, 0.05) is 13.1 Å². The molecule has 0 radical (unpaired) electrons. The van der Waals surface area contributed by atoms with Crippen LogP contribution in [0.2, 0.25) is 0 Å². The van der Waals surface area contributed by atoms with E-state index < -0.39 is 30.6 Å². The number of carbonyl (C=O) groups excluding carboxylic acids is 4. The zero-order chi connectivity index (χ0) is 22.2. The predicted molar refractivity (Wildman–Crippen MR) is 111 cm³/mol. The maximum absolute atomic E-state index is 12.4. The number of nitrogens with one attached hydrogen (secondary N) is 2. The number of hydrogen-bond donors (Lipinski definition) is 2. The first-order valence-electron chi connectivity index (χ1n) is 9.78. The summed E-state index contributed by atoms with van der Waals surface area (Å²) in [6.45, 7) is 1.38. The van der Waals surface area contributed by atoms with Crippen LogP contribution in [0.25, 0.3) is 0 Å². The van der Waals surface area contributed by atoms with Crippen molar-refractivity contribution >= 4 is 29.5 Å². The second-order valence-corrected chi connectivity index (χ2v) is 6.84. The third kappa shape index (κ3) is 6.05. The lowest BCUT2D eigenvalue weighted by Crippen LogP contribution is -2.45. The quantitative estimate of drug-likeness (QED) is 0.654. The van der Waals surface area contributed by atoms with Crippen molar-refractivity contribution in [1.29, 1.82) is 0 Å². The van der Waals surface area contributed by atoms with E-state index in [1.54, 1.807) is 31.2 Å². The lowest BCUT2D eigenvalue weighted by molar-refractivity contribution is -0.148. The standard InChI is InChI=1S/C22H23N3O6/c1-15-21(28)25(17-9-5-6-10-18(17)31-15)12-11-20(27)30-14-19(26)24-22(29)23-13-16-7-3-2-4-8-16/h2-10,15H,11-14H2,1H3,(H2,23,24,26,29). The molecule has 162 valence electrons. The van der Waals surface area contributed by atoms with Crippen molar-refractivity contribution in [2.45, 2.75) is 26.0 Å². The molecule has 0 saturated carbocycles. The lowest BCUT2D eigenvalue weighted by Gasteiger charge is -2.32. The van der Waals surface area contributed by atoms with E-state index in [2.05, 4.69) is 10.6 Å². The van der Waals surface area contributed by atoms with E-state index in [1.165, 1.54) is 4.90 Å². The second kappa shape index (κ2) is 10.2. The number of fused-ring (bicyclic) bond motifs is 1. The Labute approximate surface area is 179 Å². The summed E-state index contributed by atoms with van der Waals surface area (Å²) in [7, 11) is 0.